The van der Waals surface area contributed by atoms with Gasteiger partial charge in [0.05, 0.1) is 13.2 Å². The van der Waals surface area contributed by atoms with Crippen molar-refractivity contribution in [2.24, 2.45) is 0 Å². The molecule has 0 aliphatic heterocycles. The van der Waals surface area contributed by atoms with Crippen LogP contribution >= 0.6 is 11.3 Å². The minimum absolute atomic E-state index is 0.134. The van der Waals surface area contributed by atoms with Crippen LogP contribution in [0, 0.1) is 0 Å². The van der Waals surface area contributed by atoms with E-state index in [1.165, 1.54) is 11.1 Å². The second-order valence-electron chi connectivity index (χ2n) is 5.77. The third-order valence-electron chi connectivity index (χ3n) is 3.87. The standard InChI is InChI=1S/C18H25N3O2S/c1-21(2)17(15-9-11-24-13-15)12-20-18(22)19-10-8-14-4-6-16(23-3)7-5-14/h4-7,9,11,13,17H,8,10,12H2,1-3H3,(H2,19,20,22)/t17-/m0/s1. The van der Waals surface area contributed by atoms with Crippen LogP contribution in [0.3, 0.4) is 0 Å². The first-order valence-corrected chi connectivity index (χ1v) is 8.87. The fourth-order valence-electron chi connectivity index (χ4n) is 2.43. The van der Waals surface area contributed by atoms with Crippen molar-refractivity contribution in [1.29, 1.82) is 0 Å². The van der Waals surface area contributed by atoms with E-state index in [9.17, 15) is 4.79 Å². The van der Waals surface area contributed by atoms with Gasteiger partial charge in [-0.1, -0.05) is 12.1 Å². The van der Waals surface area contributed by atoms with Gasteiger partial charge in [0, 0.05) is 13.1 Å². The average molecular weight is 347 g/mol. The second kappa shape index (κ2) is 9.30. The van der Waals surface area contributed by atoms with Gasteiger partial charge in [-0.2, -0.15) is 11.3 Å². The number of rotatable bonds is 8. The lowest BCUT2D eigenvalue weighted by atomic mass is 10.1. The van der Waals surface area contributed by atoms with Crippen molar-refractivity contribution in [3.63, 3.8) is 0 Å². The number of likely N-dealkylation sites (N-methyl/N-ethyl adjacent to an activating group) is 1. The Morgan fingerprint density at radius 3 is 2.54 bits per heavy atom. The molecule has 0 fully saturated rings. The third kappa shape index (κ3) is 5.54. The minimum atomic E-state index is -0.134. The first-order chi connectivity index (χ1) is 11.6. The van der Waals surface area contributed by atoms with E-state index in [2.05, 4.69) is 32.4 Å². The number of benzene rings is 1. The number of nitrogens with one attached hydrogen (secondary N) is 2. The highest BCUT2D eigenvalue weighted by Gasteiger charge is 2.15. The average Bonchev–Trinajstić information content (AvgIpc) is 3.09. The van der Waals surface area contributed by atoms with E-state index in [1.54, 1.807) is 18.4 Å². The summed E-state index contributed by atoms with van der Waals surface area (Å²) >= 11 is 1.67. The number of hydrogen-bond acceptors (Lipinski definition) is 4. The molecule has 1 atom stereocenters. The van der Waals surface area contributed by atoms with Crippen LogP contribution in [-0.2, 0) is 6.42 Å². The van der Waals surface area contributed by atoms with E-state index in [4.69, 9.17) is 4.74 Å². The van der Waals surface area contributed by atoms with Crippen LogP contribution in [-0.4, -0.2) is 45.2 Å². The van der Waals surface area contributed by atoms with E-state index >= 15 is 0 Å². The number of amides is 2. The summed E-state index contributed by atoms with van der Waals surface area (Å²) in [6, 6.07) is 10.0. The molecule has 0 spiro atoms. The van der Waals surface area contributed by atoms with Crippen LogP contribution in [0.2, 0.25) is 0 Å². The Morgan fingerprint density at radius 2 is 1.96 bits per heavy atom. The third-order valence-corrected chi connectivity index (χ3v) is 4.57. The van der Waals surface area contributed by atoms with Crippen molar-refractivity contribution in [2.75, 3.05) is 34.3 Å². The second-order valence-corrected chi connectivity index (χ2v) is 6.55. The molecule has 1 aromatic heterocycles. The first kappa shape index (κ1) is 18.3. The van der Waals surface area contributed by atoms with E-state index in [0.717, 1.165) is 12.2 Å². The molecule has 0 aliphatic rings. The zero-order valence-electron chi connectivity index (χ0n) is 14.4. The molecule has 0 bridgehead atoms. The number of methoxy groups -OCH3 is 1. The molecule has 0 aliphatic carbocycles. The maximum absolute atomic E-state index is 12.0. The van der Waals surface area contributed by atoms with Gasteiger partial charge in [-0.3, -0.25) is 0 Å². The molecule has 2 aromatic rings. The lowest BCUT2D eigenvalue weighted by Crippen LogP contribution is -2.41. The minimum Gasteiger partial charge on any atom is -0.497 e. The van der Waals surface area contributed by atoms with E-state index in [1.807, 2.05) is 38.4 Å². The molecule has 1 aromatic carbocycles. The largest absolute Gasteiger partial charge is 0.497 e. The molecule has 2 rings (SSSR count). The van der Waals surface area contributed by atoms with Gasteiger partial charge in [-0.05, 0) is 60.6 Å². The molecule has 1 heterocycles. The van der Waals surface area contributed by atoms with Gasteiger partial charge in [-0.15, -0.1) is 0 Å². The zero-order chi connectivity index (χ0) is 17.4. The Morgan fingerprint density at radius 1 is 1.21 bits per heavy atom. The summed E-state index contributed by atoms with van der Waals surface area (Å²) in [5, 5.41) is 10.0. The van der Waals surface area contributed by atoms with Crippen molar-refractivity contribution in [3.05, 3.63) is 52.2 Å². The number of thiophene rings is 1. The highest BCUT2D eigenvalue weighted by atomic mass is 32.1. The highest BCUT2D eigenvalue weighted by molar-refractivity contribution is 7.07. The lowest BCUT2D eigenvalue weighted by Gasteiger charge is -2.24. The van der Waals surface area contributed by atoms with Crippen LogP contribution in [0.25, 0.3) is 0 Å². The number of carbonyl (C=O) groups is 1. The SMILES string of the molecule is COc1ccc(CCNC(=O)NC[C@@H](c2ccsc2)N(C)C)cc1. The van der Waals surface area contributed by atoms with Gasteiger partial charge in [0.2, 0.25) is 0 Å². The molecule has 0 radical (unpaired) electrons. The van der Waals surface area contributed by atoms with Crippen molar-refractivity contribution in [2.45, 2.75) is 12.5 Å². The summed E-state index contributed by atoms with van der Waals surface area (Å²) in [6.45, 7) is 1.18. The van der Waals surface area contributed by atoms with Crippen molar-refractivity contribution < 1.29 is 9.53 Å². The molecule has 5 nitrogen and oxygen atoms in total. The predicted octanol–water partition coefficient (Wildman–Crippen LogP) is 2.90. The van der Waals surface area contributed by atoms with Gasteiger partial charge in [0.1, 0.15) is 5.75 Å². The molecule has 6 heteroatoms. The van der Waals surface area contributed by atoms with Crippen LogP contribution in [0.15, 0.2) is 41.1 Å². The van der Waals surface area contributed by atoms with Crippen molar-refractivity contribution in [3.8, 4) is 5.75 Å². The molecule has 2 amide bonds. The van der Waals surface area contributed by atoms with Crippen LogP contribution in [0.4, 0.5) is 4.79 Å². The molecular formula is C18H25N3O2S. The number of carbonyl (C=O) groups excluding carboxylic acids is 1. The quantitative estimate of drug-likeness (QED) is 0.772. The summed E-state index contributed by atoms with van der Waals surface area (Å²) in [6.07, 6.45) is 0.791. The number of urea groups is 1. The Hall–Kier alpha value is -2.05. The maximum atomic E-state index is 12.0. The van der Waals surface area contributed by atoms with Crippen LogP contribution < -0.4 is 15.4 Å². The van der Waals surface area contributed by atoms with Crippen LogP contribution in [0.5, 0.6) is 5.75 Å². The summed E-state index contributed by atoms with van der Waals surface area (Å²) in [5.74, 6) is 0.840. The molecule has 24 heavy (non-hydrogen) atoms. The topological polar surface area (TPSA) is 53.6 Å². The fourth-order valence-corrected chi connectivity index (χ4v) is 3.13. The predicted molar refractivity (Wildman–Crippen MR) is 98.8 cm³/mol. The molecule has 0 unspecified atom stereocenters. The van der Waals surface area contributed by atoms with Gasteiger partial charge in [0.25, 0.3) is 0 Å². The van der Waals surface area contributed by atoms with Gasteiger partial charge < -0.3 is 20.3 Å². The monoisotopic (exact) mass is 347 g/mol. The smallest absolute Gasteiger partial charge is 0.314 e. The molecule has 130 valence electrons. The Balaban J connectivity index is 1.72. The highest BCUT2D eigenvalue weighted by Crippen LogP contribution is 2.19. The van der Waals surface area contributed by atoms with E-state index in [-0.39, 0.29) is 12.1 Å². The number of ether oxygens (including phenoxy) is 1. The normalized spacial score (nSPS) is 12.0. The number of hydrogen-bond donors (Lipinski definition) is 2. The Bertz CT molecular complexity index is 612. The Labute approximate surface area is 147 Å². The van der Waals surface area contributed by atoms with Gasteiger partial charge >= 0.3 is 6.03 Å². The van der Waals surface area contributed by atoms with Gasteiger partial charge in [-0.25, -0.2) is 4.79 Å². The first-order valence-electron chi connectivity index (χ1n) is 7.93. The maximum Gasteiger partial charge on any atom is 0.314 e. The Kier molecular flexibility index (Phi) is 7.08. The summed E-state index contributed by atoms with van der Waals surface area (Å²) in [5.41, 5.74) is 2.39. The molecular weight excluding hydrogens is 322 g/mol. The lowest BCUT2D eigenvalue weighted by molar-refractivity contribution is 0.233. The summed E-state index contributed by atoms with van der Waals surface area (Å²) < 4.78 is 5.13. The molecule has 0 saturated heterocycles. The van der Waals surface area contributed by atoms with Crippen LogP contribution in [0.1, 0.15) is 17.2 Å². The van der Waals surface area contributed by atoms with E-state index < -0.39 is 0 Å². The molecule has 2 N–H and O–H groups in total. The van der Waals surface area contributed by atoms with Gasteiger partial charge in [0.15, 0.2) is 0 Å². The fraction of sp³-hybridized carbons (Fsp3) is 0.389. The molecule has 0 saturated carbocycles. The summed E-state index contributed by atoms with van der Waals surface area (Å²) in [4.78, 5) is 14.1. The number of nitrogens with zero attached hydrogens (tertiary/aromatic N) is 1. The summed E-state index contributed by atoms with van der Waals surface area (Å²) in [7, 11) is 5.69. The van der Waals surface area contributed by atoms with E-state index in [0.29, 0.717) is 13.1 Å². The van der Waals surface area contributed by atoms with Crippen molar-refractivity contribution in [1.82, 2.24) is 15.5 Å². The van der Waals surface area contributed by atoms with Crippen molar-refractivity contribution >= 4 is 17.4 Å². The zero-order valence-corrected chi connectivity index (χ0v) is 15.2.